The molecule has 0 radical (unpaired) electrons. The van der Waals surface area contributed by atoms with E-state index in [1.165, 1.54) is 5.56 Å². The van der Waals surface area contributed by atoms with Gasteiger partial charge in [-0.15, -0.1) is 0 Å². The number of rotatable bonds is 3. The van der Waals surface area contributed by atoms with Crippen LogP contribution in [0.15, 0.2) is 24.3 Å². The zero-order valence-corrected chi connectivity index (χ0v) is 12.7. The van der Waals surface area contributed by atoms with Crippen molar-refractivity contribution < 1.29 is 4.79 Å². The molecule has 0 aromatic heterocycles. The molecule has 19 heavy (non-hydrogen) atoms. The molecule has 1 fully saturated rings. The first-order valence-corrected chi connectivity index (χ1v) is 7.38. The van der Waals surface area contributed by atoms with Gasteiger partial charge < -0.3 is 4.90 Å². The van der Waals surface area contributed by atoms with E-state index < -0.39 is 0 Å². The second kappa shape index (κ2) is 5.96. The molecule has 1 saturated heterocycles. The van der Waals surface area contributed by atoms with Gasteiger partial charge in [-0.2, -0.15) is 0 Å². The standard InChI is InChI=1S/C16H22ClNO/c1-11(2)8-16(19)18-9-12(3)15(10-18)13-4-6-14(17)7-5-13/h4-7,11-12,15H,8-10H2,1-3H3/t12-,15-/m1/s1. The summed E-state index contributed by atoms with van der Waals surface area (Å²) in [7, 11) is 0. The Morgan fingerprint density at radius 2 is 1.95 bits per heavy atom. The molecule has 3 heteroatoms. The first-order valence-electron chi connectivity index (χ1n) is 7.00. The number of amides is 1. The number of likely N-dealkylation sites (tertiary alicyclic amines) is 1. The first kappa shape index (κ1) is 14.4. The molecule has 1 amide bonds. The summed E-state index contributed by atoms with van der Waals surface area (Å²) in [6, 6.07) is 8.03. The maximum absolute atomic E-state index is 12.1. The van der Waals surface area contributed by atoms with Crippen LogP contribution in [0.3, 0.4) is 0 Å². The van der Waals surface area contributed by atoms with Gasteiger partial charge in [-0.25, -0.2) is 0 Å². The molecule has 1 aromatic rings. The number of carbonyl (C=O) groups is 1. The van der Waals surface area contributed by atoms with E-state index in [1.54, 1.807) is 0 Å². The van der Waals surface area contributed by atoms with Crippen molar-refractivity contribution in [3.63, 3.8) is 0 Å². The molecule has 0 aliphatic carbocycles. The fourth-order valence-corrected chi connectivity index (χ4v) is 2.92. The maximum Gasteiger partial charge on any atom is 0.222 e. The Morgan fingerprint density at radius 1 is 1.32 bits per heavy atom. The molecule has 1 aliphatic heterocycles. The van der Waals surface area contributed by atoms with Crippen molar-refractivity contribution in [3.8, 4) is 0 Å². The highest BCUT2D eigenvalue weighted by molar-refractivity contribution is 6.30. The third-order valence-corrected chi connectivity index (χ3v) is 4.10. The van der Waals surface area contributed by atoms with Gasteiger partial charge in [0, 0.05) is 30.5 Å². The van der Waals surface area contributed by atoms with Crippen molar-refractivity contribution >= 4 is 17.5 Å². The Kier molecular flexibility index (Phi) is 4.51. The second-order valence-electron chi connectivity index (χ2n) is 6.03. The summed E-state index contributed by atoms with van der Waals surface area (Å²) in [6.07, 6.45) is 0.653. The van der Waals surface area contributed by atoms with Crippen LogP contribution in [0.5, 0.6) is 0 Å². The van der Waals surface area contributed by atoms with E-state index in [1.807, 2.05) is 17.0 Å². The number of nitrogens with zero attached hydrogens (tertiary/aromatic N) is 1. The zero-order chi connectivity index (χ0) is 14.0. The van der Waals surface area contributed by atoms with E-state index in [-0.39, 0.29) is 0 Å². The van der Waals surface area contributed by atoms with E-state index >= 15 is 0 Å². The molecule has 104 valence electrons. The molecule has 2 atom stereocenters. The molecule has 0 N–H and O–H groups in total. The summed E-state index contributed by atoms with van der Waals surface area (Å²) in [5.41, 5.74) is 1.29. The van der Waals surface area contributed by atoms with Crippen LogP contribution in [-0.4, -0.2) is 23.9 Å². The van der Waals surface area contributed by atoms with Crippen LogP contribution in [0.2, 0.25) is 5.02 Å². The minimum absolute atomic E-state index is 0.290. The summed E-state index contributed by atoms with van der Waals surface area (Å²) < 4.78 is 0. The molecule has 1 aliphatic rings. The van der Waals surface area contributed by atoms with Gasteiger partial charge >= 0.3 is 0 Å². The molecule has 0 unspecified atom stereocenters. The number of hydrogen-bond acceptors (Lipinski definition) is 1. The smallest absolute Gasteiger partial charge is 0.222 e. The second-order valence-corrected chi connectivity index (χ2v) is 6.47. The fourth-order valence-electron chi connectivity index (χ4n) is 2.79. The highest BCUT2D eigenvalue weighted by Crippen LogP contribution is 2.33. The Balaban J connectivity index is 2.05. The Bertz CT molecular complexity index is 441. The number of benzene rings is 1. The van der Waals surface area contributed by atoms with Crippen molar-refractivity contribution in [1.82, 2.24) is 4.90 Å². The van der Waals surface area contributed by atoms with E-state index in [4.69, 9.17) is 11.6 Å². The predicted molar refractivity (Wildman–Crippen MR) is 79.4 cm³/mol. The molecule has 0 bridgehead atoms. The molecule has 0 spiro atoms. The summed E-state index contributed by atoms with van der Waals surface area (Å²) >= 11 is 5.93. The first-order chi connectivity index (χ1) is 8.97. The Labute approximate surface area is 120 Å². The van der Waals surface area contributed by atoms with Crippen molar-refractivity contribution in [2.75, 3.05) is 13.1 Å². The van der Waals surface area contributed by atoms with Crippen LogP contribution in [0.1, 0.15) is 38.7 Å². The monoisotopic (exact) mass is 279 g/mol. The van der Waals surface area contributed by atoms with Gasteiger partial charge in [-0.1, -0.05) is 44.5 Å². The van der Waals surface area contributed by atoms with Crippen LogP contribution >= 0.6 is 11.6 Å². The largest absolute Gasteiger partial charge is 0.342 e. The summed E-state index contributed by atoms with van der Waals surface area (Å²) in [5, 5.41) is 0.766. The minimum atomic E-state index is 0.290. The van der Waals surface area contributed by atoms with Crippen molar-refractivity contribution in [2.45, 2.75) is 33.1 Å². The quantitative estimate of drug-likeness (QED) is 0.820. The number of carbonyl (C=O) groups excluding carboxylic acids is 1. The van der Waals surface area contributed by atoms with E-state index in [9.17, 15) is 4.79 Å². The van der Waals surface area contributed by atoms with Crippen molar-refractivity contribution in [3.05, 3.63) is 34.9 Å². The fraction of sp³-hybridized carbons (Fsp3) is 0.562. The third kappa shape index (κ3) is 3.50. The lowest BCUT2D eigenvalue weighted by Crippen LogP contribution is -2.29. The van der Waals surface area contributed by atoms with Crippen LogP contribution in [-0.2, 0) is 4.79 Å². The van der Waals surface area contributed by atoms with E-state index in [2.05, 4.69) is 32.9 Å². The normalized spacial score (nSPS) is 23.1. The molecular formula is C16H22ClNO. The van der Waals surface area contributed by atoms with Crippen molar-refractivity contribution in [2.24, 2.45) is 11.8 Å². The van der Waals surface area contributed by atoms with Gasteiger partial charge in [0.25, 0.3) is 0 Å². The average Bonchev–Trinajstić information content (AvgIpc) is 2.72. The molecule has 1 heterocycles. The van der Waals surface area contributed by atoms with Gasteiger partial charge in [0.15, 0.2) is 0 Å². The zero-order valence-electron chi connectivity index (χ0n) is 11.9. The molecule has 2 nitrogen and oxygen atoms in total. The summed E-state index contributed by atoms with van der Waals surface area (Å²) in [5.74, 6) is 1.67. The van der Waals surface area contributed by atoms with Crippen LogP contribution in [0.25, 0.3) is 0 Å². The number of hydrogen-bond donors (Lipinski definition) is 0. The average molecular weight is 280 g/mol. The Hall–Kier alpha value is -1.02. The van der Waals surface area contributed by atoms with Crippen LogP contribution in [0, 0.1) is 11.8 Å². The van der Waals surface area contributed by atoms with Gasteiger partial charge in [0.1, 0.15) is 0 Å². The highest BCUT2D eigenvalue weighted by atomic mass is 35.5. The van der Waals surface area contributed by atoms with Crippen molar-refractivity contribution in [1.29, 1.82) is 0 Å². The van der Waals surface area contributed by atoms with Gasteiger partial charge in [-0.05, 0) is 29.5 Å². The van der Waals surface area contributed by atoms with Gasteiger partial charge in [0.2, 0.25) is 5.91 Å². The van der Waals surface area contributed by atoms with E-state index in [0.29, 0.717) is 30.1 Å². The topological polar surface area (TPSA) is 20.3 Å². The summed E-state index contributed by atoms with van der Waals surface area (Å²) in [6.45, 7) is 8.12. The maximum atomic E-state index is 12.1. The Morgan fingerprint density at radius 3 is 2.53 bits per heavy atom. The highest BCUT2D eigenvalue weighted by Gasteiger charge is 2.33. The lowest BCUT2D eigenvalue weighted by Gasteiger charge is -2.18. The summed E-state index contributed by atoms with van der Waals surface area (Å²) in [4.78, 5) is 14.2. The minimum Gasteiger partial charge on any atom is -0.342 e. The van der Waals surface area contributed by atoms with E-state index in [0.717, 1.165) is 18.1 Å². The molecular weight excluding hydrogens is 258 g/mol. The lowest BCUT2D eigenvalue weighted by atomic mass is 9.90. The SMILES string of the molecule is CC(C)CC(=O)N1C[C@@H](C)[C@H](c2ccc(Cl)cc2)C1. The van der Waals surface area contributed by atoms with Gasteiger partial charge in [0.05, 0.1) is 0 Å². The van der Waals surface area contributed by atoms with Gasteiger partial charge in [-0.3, -0.25) is 4.79 Å². The number of halogens is 1. The molecule has 1 aromatic carbocycles. The molecule has 0 saturated carbocycles. The lowest BCUT2D eigenvalue weighted by molar-refractivity contribution is -0.131. The predicted octanol–water partition coefficient (Wildman–Crippen LogP) is 3.95. The van der Waals surface area contributed by atoms with Crippen LogP contribution in [0.4, 0.5) is 0 Å². The molecule has 2 rings (SSSR count). The third-order valence-electron chi connectivity index (χ3n) is 3.85. The van der Waals surface area contributed by atoms with Crippen LogP contribution < -0.4 is 0 Å².